The highest BCUT2D eigenvalue weighted by atomic mass is 16.5. The minimum Gasteiger partial charge on any atom is -0.384 e. The Balaban J connectivity index is 1.95. The predicted octanol–water partition coefficient (Wildman–Crippen LogP) is 1.36. The molecule has 29 heavy (non-hydrogen) atoms. The van der Waals surface area contributed by atoms with E-state index in [1.54, 1.807) is 6.20 Å². The van der Waals surface area contributed by atoms with E-state index in [9.17, 15) is 4.79 Å². The van der Waals surface area contributed by atoms with E-state index in [1.165, 1.54) is 10.8 Å². The van der Waals surface area contributed by atoms with Crippen LogP contribution in [0, 0.1) is 5.41 Å². The average molecular weight is 397 g/mol. The minimum atomic E-state index is -0.728. The number of nitrogens with two attached hydrogens (primary N) is 2. The fraction of sp³-hybridized carbons (Fsp3) is 0.500. The second kappa shape index (κ2) is 7.82. The second-order valence-electron chi connectivity index (χ2n) is 7.69. The number of morpholine rings is 1. The number of amides is 1. The summed E-state index contributed by atoms with van der Waals surface area (Å²) in [6.45, 7) is 2.71. The van der Waals surface area contributed by atoms with E-state index in [0.717, 1.165) is 68.2 Å². The predicted molar refractivity (Wildman–Crippen MR) is 112 cm³/mol. The number of fused-ring (bicyclic) bond motifs is 1. The molecule has 1 aliphatic heterocycles. The Labute approximate surface area is 169 Å². The summed E-state index contributed by atoms with van der Waals surface area (Å²) in [5.74, 6) is 0.768. The van der Waals surface area contributed by atoms with Gasteiger partial charge in [-0.15, -0.1) is 0 Å². The number of rotatable bonds is 5. The van der Waals surface area contributed by atoms with Crippen LogP contribution in [0.3, 0.4) is 0 Å². The smallest absolute Gasteiger partial charge is 0.228 e. The van der Waals surface area contributed by atoms with Gasteiger partial charge in [-0.05, 0) is 30.5 Å². The van der Waals surface area contributed by atoms with Crippen molar-refractivity contribution in [3.63, 3.8) is 0 Å². The van der Waals surface area contributed by atoms with Gasteiger partial charge in [0.15, 0.2) is 5.65 Å². The summed E-state index contributed by atoms with van der Waals surface area (Å²) >= 11 is 0. The SMILES string of the molecule is N=C/C=C(\N)n1ncc2c(C3(C(N)=O)CCCCC3)cc(N3CCOCC3)nc21. The number of anilines is 1. The van der Waals surface area contributed by atoms with Crippen LogP contribution in [0.4, 0.5) is 5.82 Å². The maximum Gasteiger partial charge on any atom is 0.228 e. The maximum atomic E-state index is 12.7. The summed E-state index contributed by atoms with van der Waals surface area (Å²) < 4.78 is 7.00. The van der Waals surface area contributed by atoms with Crippen LogP contribution in [0.2, 0.25) is 0 Å². The average Bonchev–Trinajstić information content (AvgIpc) is 3.18. The number of hydrogen-bond acceptors (Lipinski definition) is 7. The topological polar surface area (TPSA) is 136 Å². The van der Waals surface area contributed by atoms with Gasteiger partial charge in [-0.25, -0.2) is 4.98 Å². The van der Waals surface area contributed by atoms with E-state index in [0.29, 0.717) is 24.7 Å². The normalized spacial score (nSPS) is 20.0. The van der Waals surface area contributed by atoms with Gasteiger partial charge in [-0.3, -0.25) is 4.79 Å². The lowest BCUT2D eigenvalue weighted by Gasteiger charge is -2.36. The first kappa shape index (κ1) is 19.4. The molecule has 4 rings (SSSR count). The molecule has 2 aromatic rings. The van der Waals surface area contributed by atoms with Gasteiger partial charge in [0.25, 0.3) is 0 Å². The van der Waals surface area contributed by atoms with Gasteiger partial charge in [-0.1, -0.05) is 19.3 Å². The van der Waals surface area contributed by atoms with Crippen molar-refractivity contribution < 1.29 is 9.53 Å². The van der Waals surface area contributed by atoms with Crippen molar-refractivity contribution in [2.45, 2.75) is 37.5 Å². The summed E-state index contributed by atoms with van der Waals surface area (Å²) in [5.41, 5.74) is 12.8. The molecule has 9 nitrogen and oxygen atoms in total. The third-order valence-electron chi connectivity index (χ3n) is 6.06. The van der Waals surface area contributed by atoms with E-state index in [2.05, 4.69) is 10.00 Å². The molecule has 1 aliphatic carbocycles. The Morgan fingerprint density at radius 2 is 1.93 bits per heavy atom. The second-order valence-corrected chi connectivity index (χ2v) is 7.69. The molecule has 2 aliphatic rings. The highest BCUT2D eigenvalue weighted by Gasteiger charge is 2.42. The van der Waals surface area contributed by atoms with Gasteiger partial charge in [0.2, 0.25) is 5.91 Å². The molecule has 0 atom stereocenters. The van der Waals surface area contributed by atoms with Crippen molar-refractivity contribution in [3.8, 4) is 0 Å². The van der Waals surface area contributed by atoms with Gasteiger partial charge in [0, 0.05) is 24.7 Å². The number of carbonyl (C=O) groups is 1. The molecule has 1 saturated carbocycles. The van der Waals surface area contributed by atoms with Gasteiger partial charge >= 0.3 is 0 Å². The Bertz CT molecular complexity index is 953. The molecule has 9 heteroatoms. The van der Waals surface area contributed by atoms with Crippen molar-refractivity contribution in [1.29, 1.82) is 5.41 Å². The standard InChI is InChI=1S/C20H27N7O2/c21-7-4-16(22)27-18-14(13-24-27)15(20(19(23)28)5-2-1-3-6-20)12-17(25-18)26-8-10-29-11-9-26/h4,7,12-13,21H,1-3,5-6,8-11,22H2,(H2,23,28)/b16-4+,21-7?. The zero-order chi connectivity index (χ0) is 20.4. The van der Waals surface area contributed by atoms with Crippen molar-refractivity contribution in [1.82, 2.24) is 14.8 Å². The molecule has 0 aromatic carbocycles. The number of allylic oxidation sites excluding steroid dienone is 1. The highest BCUT2D eigenvalue weighted by Crippen LogP contribution is 2.43. The van der Waals surface area contributed by atoms with Crippen molar-refractivity contribution in [2.75, 3.05) is 31.2 Å². The molecule has 2 fully saturated rings. The van der Waals surface area contributed by atoms with Crippen LogP contribution < -0.4 is 16.4 Å². The quantitative estimate of drug-likeness (QED) is 0.652. The van der Waals surface area contributed by atoms with Gasteiger partial charge in [-0.2, -0.15) is 9.78 Å². The van der Waals surface area contributed by atoms with Gasteiger partial charge in [0.05, 0.1) is 24.8 Å². The van der Waals surface area contributed by atoms with Gasteiger partial charge < -0.3 is 26.5 Å². The van der Waals surface area contributed by atoms with Crippen LogP contribution in [0.5, 0.6) is 0 Å². The first-order chi connectivity index (χ1) is 14.1. The van der Waals surface area contributed by atoms with Crippen LogP contribution in [0.1, 0.15) is 37.7 Å². The number of hydrogen-bond donors (Lipinski definition) is 3. The van der Waals surface area contributed by atoms with E-state index in [4.69, 9.17) is 26.6 Å². The number of nitrogens with zero attached hydrogens (tertiary/aromatic N) is 4. The molecule has 1 amide bonds. The summed E-state index contributed by atoms with van der Waals surface area (Å²) in [6.07, 6.45) is 8.75. The van der Waals surface area contributed by atoms with Crippen LogP contribution in [-0.2, 0) is 14.9 Å². The Hall–Kier alpha value is -2.94. The third-order valence-corrected chi connectivity index (χ3v) is 6.06. The van der Waals surface area contributed by atoms with E-state index < -0.39 is 5.41 Å². The zero-order valence-corrected chi connectivity index (χ0v) is 16.4. The number of nitrogens with one attached hydrogen (secondary N) is 1. The summed E-state index contributed by atoms with van der Waals surface area (Å²) in [7, 11) is 0. The number of primary amides is 1. The molecule has 0 spiro atoms. The summed E-state index contributed by atoms with van der Waals surface area (Å²) in [5, 5.41) is 12.5. The third kappa shape index (κ3) is 3.35. The highest BCUT2D eigenvalue weighted by molar-refractivity contribution is 5.95. The van der Waals surface area contributed by atoms with Crippen molar-refractivity contribution in [3.05, 3.63) is 23.9 Å². The molecule has 5 N–H and O–H groups in total. The van der Waals surface area contributed by atoms with Crippen LogP contribution >= 0.6 is 0 Å². The Morgan fingerprint density at radius 1 is 1.21 bits per heavy atom. The van der Waals surface area contributed by atoms with E-state index >= 15 is 0 Å². The monoisotopic (exact) mass is 397 g/mol. The van der Waals surface area contributed by atoms with Crippen molar-refractivity contribution >= 4 is 34.8 Å². The molecule has 1 saturated heterocycles. The van der Waals surface area contributed by atoms with Gasteiger partial charge in [0.1, 0.15) is 11.6 Å². The van der Waals surface area contributed by atoms with Crippen LogP contribution in [0.15, 0.2) is 18.3 Å². The fourth-order valence-corrected chi connectivity index (χ4v) is 4.49. The Morgan fingerprint density at radius 3 is 2.59 bits per heavy atom. The van der Waals surface area contributed by atoms with E-state index in [-0.39, 0.29) is 5.91 Å². The molecule has 0 bridgehead atoms. The lowest BCUT2D eigenvalue weighted by atomic mass is 9.68. The number of pyridine rings is 1. The lowest BCUT2D eigenvalue weighted by molar-refractivity contribution is -0.124. The number of carbonyl (C=O) groups excluding carboxylic acids is 1. The largest absolute Gasteiger partial charge is 0.384 e. The zero-order valence-electron chi connectivity index (χ0n) is 16.4. The first-order valence-electron chi connectivity index (χ1n) is 10.1. The summed E-state index contributed by atoms with van der Waals surface area (Å²) in [6, 6.07) is 2.01. The molecule has 0 unspecified atom stereocenters. The molecule has 3 heterocycles. The van der Waals surface area contributed by atoms with Crippen LogP contribution in [-0.4, -0.2) is 53.2 Å². The molecule has 2 aromatic heterocycles. The number of aromatic nitrogens is 3. The first-order valence-corrected chi connectivity index (χ1v) is 10.1. The minimum absolute atomic E-state index is 0.296. The Kier molecular flexibility index (Phi) is 5.23. The molecular weight excluding hydrogens is 370 g/mol. The molecule has 154 valence electrons. The fourth-order valence-electron chi connectivity index (χ4n) is 4.49. The van der Waals surface area contributed by atoms with Crippen molar-refractivity contribution in [2.24, 2.45) is 11.5 Å². The number of ether oxygens (including phenoxy) is 1. The lowest BCUT2D eigenvalue weighted by Crippen LogP contribution is -2.43. The maximum absolute atomic E-state index is 12.7. The molecule has 0 radical (unpaired) electrons. The van der Waals surface area contributed by atoms with E-state index in [1.807, 2.05) is 6.07 Å². The van der Waals surface area contributed by atoms with Crippen LogP contribution in [0.25, 0.3) is 16.9 Å². The summed E-state index contributed by atoms with van der Waals surface area (Å²) in [4.78, 5) is 19.7. The molecular formula is C20H27N7O2.